The highest BCUT2D eigenvalue weighted by atomic mass is 35.5. The fourth-order valence-corrected chi connectivity index (χ4v) is 2.37. The molecule has 90 valence electrons. The highest BCUT2D eigenvalue weighted by molar-refractivity contribution is 6.32. The zero-order valence-electron chi connectivity index (χ0n) is 9.78. The van der Waals surface area contributed by atoms with E-state index >= 15 is 0 Å². The lowest BCUT2D eigenvalue weighted by Gasteiger charge is -2.23. The average Bonchev–Trinajstić information content (AvgIpc) is 2.73. The van der Waals surface area contributed by atoms with Crippen LogP contribution >= 0.6 is 11.6 Å². The molecule has 1 unspecified atom stereocenters. The Kier molecular flexibility index (Phi) is 3.28. The van der Waals surface area contributed by atoms with Crippen molar-refractivity contribution in [2.75, 3.05) is 18.0 Å². The van der Waals surface area contributed by atoms with E-state index in [0.717, 1.165) is 25.1 Å². The molecule has 1 atom stereocenters. The Morgan fingerprint density at radius 2 is 2.35 bits per heavy atom. The third-order valence-electron chi connectivity index (χ3n) is 3.43. The summed E-state index contributed by atoms with van der Waals surface area (Å²) in [4.78, 5) is 2.11. The molecular weight excluding hydrogens is 236 g/mol. The molecule has 4 heteroatoms. The molecule has 1 saturated heterocycles. The van der Waals surface area contributed by atoms with Gasteiger partial charge in [-0.2, -0.15) is 5.26 Å². The van der Waals surface area contributed by atoms with Gasteiger partial charge in [0.15, 0.2) is 0 Å². The van der Waals surface area contributed by atoms with Crippen molar-refractivity contribution in [2.45, 2.75) is 25.4 Å². The van der Waals surface area contributed by atoms with Crippen LogP contribution in [0.25, 0.3) is 0 Å². The van der Waals surface area contributed by atoms with Crippen LogP contribution in [0.2, 0.25) is 5.02 Å². The molecule has 1 aliphatic heterocycles. The van der Waals surface area contributed by atoms with E-state index in [1.165, 1.54) is 0 Å². The van der Waals surface area contributed by atoms with Crippen LogP contribution in [0, 0.1) is 11.3 Å². The molecule has 1 fully saturated rings. The number of rotatable bonds is 2. The Hall–Kier alpha value is -1.24. The van der Waals surface area contributed by atoms with E-state index in [-0.39, 0.29) is 0 Å². The second-order valence-corrected chi connectivity index (χ2v) is 4.93. The maximum atomic E-state index is 10.2. The van der Waals surface area contributed by atoms with Crippen molar-refractivity contribution in [3.8, 4) is 6.07 Å². The molecule has 1 aromatic rings. The fourth-order valence-electron chi connectivity index (χ4n) is 2.16. The van der Waals surface area contributed by atoms with Crippen LogP contribution in [0.15, 0.2) is 18.2 Å². The lowest BCUT2D eigenvalue weighted by atomic mass is 10.0. The minimum atomic E-state index is -0.583. The number of nitrogens with zero attached hydrogens (tertiary/aromatic N) is 2. The SMILES string of the molecule is CCC1(O)CCN(c2ccc(C#N)c(Cl)c2)C1. The molecule has 0 amide bonds. The van der Waals surface area contributed by atoms with Gasteiger partial charge in [0, 0.05) is 18.8 Å². The van der Waals surface area contributed by atoms with Gasteiger partial charge >= 0.3 is 0 Å². The number of benzene rings is 1. The van der Waals surface area contributed by atoms with Crippen LogP contribution in [-0.4, -0.2) is 23.8 Å². The molecule has 0 aliphatic carbocycles. The number of halogens is 1. The minimum absolute atomic E-state index is 0.469. The summed E-state index contributed by atoms with van der Waals surface area (Å²) in [6.45, 7) is 3.45. The molecule has 1 heterocycles. The molecule has 0 radical (unpaired) electrons. The highest BCUT2D eigenvalue weighted by Gasteiger charge is 2.34. The molecule has 3 nitrogen and oxygen atoms in total. The van der Waals surface area contributed by atoms with E-state index in [4.69, 9.17) is 16.9 Å². The second kappa shape index (κ2) is 4.56. The van der Waals surface area contributed by atoms with Gasteiger partial charge in [0.2, 0.25) is 0 Å². The lowest BCUT2D eigenvalue weighted by molar-refractivity contribution is 0.0594. The summed E-state index contributed by atoms with van der Waals surface area (Å²) in [6.07, 6.45) is 1.54. The van der Waals surface area contributed by atoms with Gasteiger partial charge in [-0.3, -0.25) is 0 Å². The normalized spacial score (nSPS) is 23.8. The van der Waals surface area contributed by atoms with Gasteiger partial charge < -0.3 is 10.0 Å². The third kappa shape index (κ3) is 2.38. The number of hydrogen-bond donors (Lipinski definition) is 1. The average molecular weight is 251 g/mol. The topological polar surface area (TPSA) is 47.3 Å². The zero-order chi connectivity index (χ0) is 12.5. The van der Waals surface area contributed by atoms with Crippen molar-refractivity contribution in [1.29, 1.82) is 5.26 Å². The van der Waals surface area contributed by atoms with Crippen molar-refractivity contribution in [2.24, 2.45) is 0 Å². The summed E-state index contributed by atoms with van der Waals surface area (Å²) >= 11 is 6.00. The van der Waals surface area contributed by atoms with Crippen molar-refractivity contribution >= 4 is 17.3 Å². The van der Waals surface area contributed by atoms with Gasteiger partial charge in [0.25, 0.3) is 0 Å². The van der Waals surface area contributed by atoms with E-state index in [0.29, 0.717) is 17.1 Å². The Morgan fingerprint density at radius 3 is 2.88 bits per heavy atom. The Bertz CT molecular complexity index is 469. The predicted octanol–water partition coefficient (Wildman–Crippen LogP) is 2.56. The molecule has 1 aliphatic rings. The molecule has 0 bridgehead atoms. The van der Waals surface area contributed by atoms with Gasteiger partial charge in [-0.15, -0.1) is 0 Å². The second-order valence-electron chi connectivity index (χ2n) is 4.53. The first-order chi connectivity index (χ1) is 8.08. The summed E-state index contributed by atoms with van der Waals surface area (Å²) in [6, 6.07) is 7.44. The van der Waals surface area contributed by atoms with Crippen LogP contribution in [0.1, 0.15) is 25.3 Å². The Morgan fingerprint density at radius 1 is 1.59 bits per heavy atom. The lowest BCUT2D eigenvalue weighted by Crippen LogP contribution is -2.32. The third-order valence-corrected chi connectivity index (χ3v) is 3.74. The number of hydrogen-bond acceptors (Lipinski definition) is 3. The van der Waals surface area contributed by atoms with Gasteiger partial charge in [0.05, 0.1) is 16.2 Å². The van der Waals surface area contributed by atoms with Gasteiger partial charge in [-0.1, -0.05) is 18.5 Å². The summed E-state index contributed by atoms with van der Waals surface area (Å²) < 4.78 is 0. The molecule has 0 saturated carbocycles. The van der Waals surface area contributed by atoms with Crippen molar-refractivity contribution < 1.29 is 5.11 Å². The smallest absolute Gasteiger partial charge is 0.101 e. The largest absolute Gasteiger partial charge is 0.388 e. The van der Waals surface area contributed by atoms with Crippen LogP contribution < -0.4 is 4.90 Å². The maximum absolute atomic E-state index is 10.2. The van der Waals surface area contributed by atoms with E-state index in [9.17, 15) is 5.11 Å². The molecule has 0 aromatic heterocycles. The van der Waals surface area contributed by atoms with E-state index in [1.54, 1.807) is 12.1 Å². The van der Waals surface area contributed by atoms with Crippen molar-refractivity contribution in [3.05, 3.63) is 28.8 Å². The molecule has 0 spiro atoms. The molecule has 2 rings (SSSR count). The first-order valence-corrected chi connectivity index (χ1v) is 6.13. The Balaban J connectivity index is 2.20. The quantitative estimate of drug-likeness (QED) is 0.878. The predicted molar refractivity (Wildman–Crippen MR) is 68.2 cm³/mol. The van der Waals surface area contributed by atoms with E-state index < -0.39 is 5.60 Å². The zero-order valence-corrected chi connectivity index (χ0v) is 10.5. The monoisotopic (exact) mass is 250 g/mol. The molecule has 17 heavy (non-hydrogen) atoms. The van der Waals surface area contributed by atoms with Gasteiger partial charge in [-0.05, 0) is 31.0 Å². The fraction of sp³-hybridized carbons (Fsp3) is 0.462. The van der Waals surface area contributed by atoms with Crippen LogP contribution in [0.5, 0.6) is 0 Å². The summed E-state index contributed by atoms with van der Waals surface area (Å²) in [5.41, 5.74) is 0.874. The summed E-state index contributed by atoms with van der Waals surface area (Å²) in [5, 5.41) is 19.5. The van der Waals surface area contributed by atoms with E-state index in [1.807, 2.05) is 19.1 Å². The van der Waals surface area contributed by atoms with Gasteiger partial charge in [-0.25, -0.2) is 0 Å². The molecular formula is C13H15ClN2O. The van der Waals surface area contributed by atoms with Crippen LogP contribution in [0.3, 0.4) is 0 Å². The maximum Gasteiger partial charge on any atom is 0.101 e. The van der Waals surface area contributed by atoms with Gasteiger partial charge in [0.1, 0.15) is 6.07 Å². The van der Waals surface area contributed by atoms with Crippen LogP contribution in [0.4, 0.5) is 5.69 Å². The summed E-state index contributed by atoms with van der Waals surface area (Å²) in [5.74, 6) is 0. The number of nitriles is 1. The minimum Gasteiger partial charge on any atom is -0.388 e. The van der Waals surface area contributed by atoms with E-state index in [2.05, 4.69) is 4.90 Å². The summed E-state index contributed by atoms with van der Waals surface area (Å²) in [7, 11) is 0. The van der Waals surface area contributed by atoms with Crippen molar-refractivity contribution in [1.82, 2.24) is 0 Å². The van der Waals surface area contributed by atoms with Crippen LogP contribution in [-0.2, 0) is 0 Å². The first kappa shape index (κ1) is 12.2. The number of aliphatic hydroxyl groups is 1. The first-order valence-electron chi connectivity index (χ1n) is 5.75. The van der Waals surface area contributed by atoms with Crippen molar-refractivity contribution in [3.63, 3.8) is 0 Å². The number of anilines is 1. The number of β-amino-alcohol motifs (C(OH)–C–C–N with tert-alkyl or cyclic N) is 1. The molecule has 1 aromatic carbocycles. The molecule has 1 N–H and O–H groups in total. The standard InChI is InChI=1S/C13H15ClN2O/c1-2-13(17)5-6-16(9-13)11-4-3-10(8-15)12(14)7-11/h3-4,7,17H,2,5-6,9H2,1H3. The Labute approximate surface area is 106 Å². The highest BCUT2D eigenvalue weighted by Crippen LogP contribution is 2.31.